The fourth-order valence-corrected chi connectivity index (χ4v) is 1.88. The van der Waals surface area contributed by atoms with Crippen LogP contribution in [-0.2, 0) is 4.79 Å². The van der Waals surface area contributed by atoms with Crippen molar-refractivity contribution in [1.29, 1.82) is 0 Å². The Morgan fingerprint density at radius 2 is 2.05 bits per heavy atom. The molecule has 0 aromatic heterocycles. The molecule has 1 aromatic carbocycles. The van der Waals surface area contributed by atoms with Crippen LogP contribution in [0.5, 0.6) is 11.5 Å². The number of nitrogens with one attached hydrogen (secondary N) is 1. The average molecular weight is 264 g/mol. The van der Waals surface area contributed by atoms with Crippen LogP contribution in [0.1, 0.15) is 33.6 Å². The highest BCUT2D eigenvalue weighted by atomic mass is 16.7. The maximum absolute atomic E-state index is 11.7. The highest BCUT2D eigenvalue weighted by Crippen LogP contribution is 2.40. The van der Waals surface area contributed by atoms with Gasteiger partial charge in [0.2, 0.25) is 11.7 Å². The molecule has 1 heterocycles. The average Bonchev–Trinajstić information content (AvgIpc) is 2.59. The second-order valence-electron chi connectivity index (χ2n) is 5.33. The van der Waals surface area contributed by atoms with Crippen LogP contribution in [0.2, 0.25) is 0 Å². The summed E-state index contributed by atoms with van der Waals surface area (Å²) >= 11 is 0. The van der Waals surface area contributed by atoms with Crippen LogP contribution >= 0.6 is 0 Å². The van der Waals surface area contributed by atoms with E-state index in [1.165, 1.54) is 0 Å². The van der Waals surface area contributed by atoms with Crippen LogP contribution in [0.3, 0.4) is 0 Å². The molecule has 0 aliphatic carbocycles. The Morgan fingerprint density at radius 1 is 1.37 bits per heavy atom. The largest absolute Gasteiger partial charge is 0.449 e. The molecule has 0 radical (unpaired) electrons. The van der Waals surface area contributed by atoms with Crippen molar-refractivity contribution in [2.75, 3.05) is 5.32 Å². The van der Waals surface area contributed by atoms with Gasteiger partial charge in [-0.2, -0.15) is 0 Å². The third-order valence-corrected chi connectivity index (χ3v) is 2.77. The highest BCUT2D eigenvalue weighted by molar-refractivity contribution is 5.91. The summed E-state index contributed by atoms with van der Waals surface area (Å²) in [6.45, 7) is 5.57. The van der Waals surface area contributed by atoms with Gasteiger partial charge in [-0.15, -0.1) is 0 Å². The second kappa shape index (κ2) is 5.09. The number of amides is 1. The standard InChI is InChI=1S/C14H20N2O3/c1-9(15)4-7-13(17)16-10-5-6-11-12(8-10)19-14(2,3)18-11/h5-6,8-9H,4,7,15H2,1-3H3,(H,16,17). The lowest BCUT2D eigenvalue weighted by molar-refractivity contribution is -0.116. The van der Waals surface area contributed by atoms with E-state index in [1.807, 2.05) is 20.8 Å². The van der Waals surface area contributed by atoms with Gasteiger partial charge < -0.3 is 20.5 Å². The van der Waals surface area contributed by atoms with Crippen molar-refractivity contribution in [1.82, 2.24) is 0 Å². The second-order valence-corrected chi connectivity index (χ2v) is 5.33. The molecule has 1 aliphatic rings. The molecular weight excluding hydrogens is 244 g/mol. The van der Waals surface area contributed by atoms with Crippen LogP contribution in [0.25, 0.3) is 0 Å². The lowest BCUT2D eigenvalue weighted by atomic mass is 10.2. The van der Waals surface area contributed by atoms with Gasteiger partial charge in [0.15, 0.2) is 11.5 Å². The molecule has 104 valence electrons. The zero-order valence-electron chi connectivity index (χ0n) is 11.5. The molecule has 5 heteroatoms. The van der Waals surface area contributed by atoms with Crippen molar-refractivity contribution in [2.45, 2.75) is 45.4 Å². The summed E-state index contributed by atoms with van der Waals surface area (Å²) in [6, 6.07) is 5.40. The number of hydrogen-bond acceptors (Lipinski definition) is 4. The summed E-state index contributed by atoms with van der Waals surface area (Å²) in [5, 5.41) is 2.82. The van der Waals surface area contributed by atoms with Crippen LogP contribution in [-0.4, -0.2) is 17.7 Å². The van der Waals surface area contributed by atoms with E-state index in [-0.39, 0.29) is 11.9 Å². The van der Waals surface area contributed by atoms with Crippen molar-refractivity contribution in [3.8, 4) is 11.5 Å². The SMILES string of the molecule is CC(N)CCC(=O)Nc1ccc2c(c1)OC(C)(C)O2. The maximum atomic E-state index is 11.7. The molecule has 5 nitrogen and oxygen atoms in total. The predicted octanol–water partition coefficient (Wildman–Crippen LogP) is 2.26. The Morgan fingerprint density at radius 3 is 2.74 bits per heavy atom. The molecule has 0 fully saturated rings. The number of nitrogens with two attached hydrogens (primary N) is 1. The molecule has 0 saturated carbocycles. The molecule has 1 amide bonds. The fraction of sp³-hybridized carbons (Fsp3) is 0.500. The molecule has 0 spiro atoms. The van der Waals surface area contributed by atoms with Gasteiger partial charge in [-0.3, -0.25) is 4.79 Å². The van der Waals surface area contributed by atoms with Crippen molar-refractivity contribution < 1.29 is 14.3 Å². The van der Waals surface area contributed by atoms with Gasteiger partial charge in [-0.25, -0.2) is 0 Å². The minimum absolute atomic E-state index is 0.0308. The van der Waals surface area contributed by atoms with Crippen molar-refractivity contribution in [2.24, 2.45) is 5.73 Å². The van der Waals surface area contributed by atoms with E-state index >= 15 is 0 Å². The molecule has 1 unspecified atom stereocenters. The molecule has 1 aliphatic heterocycles. The van der Waals surface area contributed by atoms with Crippen molar-refractivity contribution in [3.05, 3.63) is 18.2 Å². The third kappa shape index (κ3) is 3.61. The monoisotopic (exact) mass is 264 g/mol. The van der Waals surface area contributed by atoms with Crippen LogP contribution in [0, 0.1) is 0 Å². The number of ether oxygens (including phenoxy) is 2. The molecule has 2 rings (SSSR count). The van der Waals surface area contributed by atoms with Gasteiger partial charge in [0, 0.05) is 38.1 Å². The molecule has 19 heavy (non-hydrogen) atoms. The van der Waals surface area contributed by atoms with Crippen molar-refractivity contribution >= 4 is 11.6 Å². The predicted molar refractivity (Wildman–Crippen MR) is 73.3 cm³/mol. The number of benzene rings is 1. The van der Waals surface area contributed by atoms with Crippen LogP contribution in [0.4, 0.5) is 5.69 Å². The Hall–Kier alpha value is -1.75. The summed E-state index contributed by atoms with van der Waals surface area (Å²) < 4.78 is 11.2. The van der Waals surface area contributed by atoms with Crippen LogP contribution < -0.4 is 20.5 Å². The minimum atomic E-state index is -0.653. The van der Waals surface area contributed by atoms with Gasteiger partial charge in [-0.05, 0) is 25.5 Å². The van der Waals surface area contributed by atoms with Gasteiger partial charge in [0.05, 0.1) is 0 Å². The van der Waals surface area contributed by atoms with E-state index in [0.29, 0.717) is 30.0 Å². The summed E-state index contributed by atoms with van der Waals surface area (Å²) in [5.41, 5.74) is 6.32. The van der Waals surface area contributed by atoms with E-state index in [1.54, 1.807) is 18.2 Å². The minimum Gasteiger partial charge on any atom is -0.449 e. The smallest absolute Gasteiger partial charge is 0.246 e. The topological polar surface area (TPSA) is 73.6 Å². The number of fused-ring (bicyclic) bond motifs is 1. The summed E-state index contributed by atoms with van der Waals surface area (Å²) in [6.07, 6.45) is 1.08. The number of hydrogen-bond donors (Lipinski definition) is 2. The number of anilines is 1. The Kier molecular flexibility index (Phi) is 3.66. The lowest BCUT2D eigenvalue weighted by Crippen LogP contribution is -2.29. The van der Waals surface area contributed by atoms with E-state index < -0.39 is 5.79 Å². The van der Waals surface area contributed by atoms with E-state index in [4.69, 9.17) is 15.2 Å². The van der Waals surface area contributed by atoms with Crippen molar-refractivity contribution in [3.63, 3.8) is 0 Å². The van der Waals surface area contributed by atoms with Crippen LogP contribution in [0.15, 0.2) is 18.2 Å². The quantitative estimate of drug-likeness (QED) is 0.874. The number of carbonyl (C=O) groups is 1. The number of carbonyl (C=O) groups excluding carboxylic acids is 1. The normalized spacial score (nSPS) is 17.1. The summed E-state index contributed by atoms with van der Waals surface area (Å²) in [4.78, 5) is 11.7. The molecule has 1 atom stereocenters. The van der Waals surface area contributed by atoms with E-state index in [0.717, 1.165) is 0 Å². The lowest BCUT2D eigenvalue weighted by Gasteiger charge is -2.16. The summed E-state index contributed by atoms with van der Waals surface area (Å²) in [5.74, 6) is 0.643. The first-order chi connectivity index (χ1) is 8.85. The zero-order chi connectivity index (χ0) is 14.0. The molecule has 3 N–H and O–H groups in total. The highest BCUT2D eigenvalue weighted by Gasteiger charge is 2.31. The Bertz CT molecular complexity index is 484. The summed E-state index contributed by atoms with van der Waals surface area (Å²) in [7, 11) is 0. The fourth-order valence-electron chi connectivity index (χ4n) is 1.88. The maximum Gasteiger partial charge on any atom is 0.246 e. The first-order valence-corrected chi connectivity index (χ1v) is 6.43. The number of rotatable bonds is 4. The Balaban J connectivity index is 1.98. The first-order valence-electron chi connectivity index (χ1n) is 6.43. The Labute approximate surface area is 113 Å². The van der Waals surface area contributed by atoms with Gasteiger partial charge in [0.25, 0.3) is 0 Å². The molecule has 0 saturated heterocycles. The third-order valence-electron chi connectivity index (χ3n) is 2.77. The molecular formula is C14H20N2O3. The first kappa shape index (κ1) is 13.7. The molecule has 0 bridgehead atoms. The van der Waals surface area contributed by atoms with Gasteiger partial charge in [-0.1, -0.05) is 0 Å². The van der Waals surface area contributed by atoms with Gasteiger partial charge in [0.1, 0.15) is 0 Å². The zero-order valence-corrected chi connectivity index (χ0v) is 11.5. The van der Waals surface area contributed by atoms with E-state index in [9.17, 15) is 4.79 Å². The van der Waals surface area contributed by atoms with E-state index in [2.05, 4.69) is 5.32 Å². The molecule has 1 aromatic rings. The van der Waals surface area contributed by atoms with Gasteiger partial charge >= 0.3 is 0 Å².